The lowest BCUT2D eigenvalue weighted by molar-refractivity contribution is -0.119. The van der Waals surface area contributed by atoms with Crippen LogP contribution in [0.1, 0.15) is 69.6 Å². The molecular formula is C25H38FNO. The van der Waals surface area contributed by atoms with Gasteiger partial charge in [0.05, 0.1) is 0 Å². The highest BCUT2D eigenvalue weighted by Gasteiger charge is 2.12. The Morgan fingerprint density at radius 1 is 0.786 bits per heavy atom. The molecule has 0 heterocycles. The van der Waals surface area contributed by atoms with Crippen LogP contribution < -0.4 is 5.32 Å². The number of halogens is 1. The Balaban J connectivity index is 0.000000376. The van der Waals surface area contributed by atoms with Crippen molar-refractivity contribution < 1.29 is 9.18 Å². The topological polar surface area (TPSA) is 29.1 Å². The summed E-state index contributed by atoms with van der Waals surface area (Å²) in [6.07, 6.45) is 6.27. The van der Waals surface area contributed by atoms with Crippen molar-refractivity contribution in [1.29, 1.82) is 0 Å². The minimum Gasteiger partial charge on any atom is -0.354 e. The zero-order valence-electron chi connectivity index (χ0n) is 18.5. The maximum Gasteiger partial charge on any atom is 0.217 e. The van der Waals surface area contributed by atoms with Crippen molar-refractivity contribution in [3.8, 4) is 0 Å². The maximum absolute atomic E-state index is 12.1. The molecule has 0 aromatic heterocycles. The molecule has 1 aliphatic rings. The molecule has 1 N–H and O–H groups in total. The van der Waals surface area contributed by atoms with E-state index in [0.29, 0.717) is 6.04 Å². The Bertz CT molecular complexity index is 543. The molecule has 0 radical (unpaired) electrons. The number of nitrogens with one attached hydrogen (secondary N) is 1. The van der Waals surface area contributed by atoms with E-state index in [4.69, 9.17) is 0 Å². The molecule has 0 bridgehead atoms. The van der Waals surface area contributed by atoms with Crippen molar-refractivity contribution in [2.45, 2.75) is 79.7 Å². The van der Waals surface area contributed by atoms with Crippen molar-refractivity contribution in [3.63, 3.8) is 0 Å². The van der Waals surface area contributed by atoms with Crippen LogP contribution in [0.5, 0.6) is 0 Å². The smallest absolute Gasteiger partial charge is 0.217 e. The first kappa shape index (κ1) is 25.8. The van der Waals surface area contributed by atoms with Gasteiger partial charge >= 0.3 is 0 Å². The molecule has 3 heteroatoms. The lowest BCUT2D eigenvalue weighted by Crippen LogP contribution is -2.34. The number of carbonyl (C=O) groups excluding carboxylic acids is 1. The summed E-state index contributed by atoms with van der Waals surface area (Å²) in [7, 11) is 0. The first-order valence-electron chi connectivity index (χ1n) is 10.4. The van der Waals surface area contributed by atoms with Crippen LogP contribution in [0, 0.1) is 26.6 Å². The summed E-state index contributed by atoms with van der Waals surface area (Å²) < 4.78 is 12.1. The highest BCUT2D eigenvalue weighted by Crippen LogP contribution is 2.16. The summed E-state index contributed by atoms with van der Waals surface area (Å²) in [6.45, 7) is 11.7. The monoisotopic (exact) mass is 387 g/mol. The van der Waals surface area contributed by atoms with Gasteiger partial charge in [0.15, 0.2) is 0 Å². The number of hydrogen-bond donors (Lipinski definition) is 1. The number of rotatable bonds is 1. The van der Waals surface area contributed by atoms with E-state index in [0.717, 1.165) is 5.56 Å². The highest BCUT2D eigenvalue weighted by molar-refractivity contribution is 5.73. The lowest BCUT2D eigenvalue weighted by Gasteiger charge is -2.21. The summed E-state index contributed by atoms with van der Waals surface area (Å²) in [6, 6.07) is 15.4. The summed E-state index contributed by atoms with van der Waals surface area (Å²) >= 11 is 0. The van der Waals surface area contributed by atoms with E-state index in [9.17, 15) is 9.18 Å². The molecule has 0 aliphatic heterocycles. The fraction of sp³-hybridized carbons (Fsp3) is 0.480. The van der Waals surface area contributed by atoms with Crippen molar-refractivity contribution in [2.24, 2.45) is 0 Å². The highest BCUT2D eigenvalue weighted by atomic mass is 19.1. The molecule has 1 saturated carbocycles. The fourth-order valence-electron chi connectivity index (χ4n) is 2.70. The van der Waals surface area contributed by atoms with Gasteiger partial charge in [-0.2, -0.15) is 0 Å². The molecule has 28 heavy (non-hydrogen) atoms. The quantitative estimate of drug-likeness (QED) is 0.565. The second-order valence-corrected chi connectivity index (χ2v) is 6.99. The Morgan fingerprint density at radius 3 is 1.46 bits per heavy atom. The third-order valence-electron chi connectivity index (χ3n) is 4.24. The molecular weight excluding hydrogens is 349 g/mol. The normalized spacial score (nSPS) is 12.8. The molecule has 156 valence electrons. The van der Waals surface area contributed by atoms with Crippen molar-refractivity contribution in [3.05, 3.63) is 71.0 Å². The predicted octanol–water partition coefficient (Wildman–Crippen LogP) is 6.92. The molecule has 0 saturated heterocycles. The minimum atomic E-state index is -0.171. The molecule has 0 atom stereocenters. The minimum absolute atomic E-state index is 0.118. The van der Waals surface area contributed by atoms with Gasteiger partial charge in [-0.1, -0.05) is 86.2 Å². The second kappa shape index (κ2) is 15.9. The number of benzene rings is 2. The van der Waals surface area contributed by atoms with Crippen molar-refractivity contribution in [1.82, 2.24) is 5.32 Å². The van der Waals surface area contributed by atoms with Crippen molar-refractivity contribution in [2.75, 3.05) is 0 Å². The maximum atomic E-state index is 12.1. The molecule has 1 fully saturated rings. The van der Waals surface area contributed by atoms with Gasteiger partial charge in [0, 0.05) is 13.0 Å². The summed E-state index contributed by atoms with van der Waals surface area (Å²) in [4.78, 5) is 10.6. The van der Waals surface area contributed by atoms with E-state index in [-0.39, 0.29) is 11.7 Å². The van der Waals surface area contributed by atoms with Gasteiger partial charge in [-0.3, -0.25) is 4.79 Å². The molecule has 3 rings (SSSR count). The Labute approximate surface area is 171 Å². The van der Waals surface area contributed by atoms with Crippen LogP contribution in [-0.4, -0.2) is 11.9 Å². The molecule has 0 unspecified atom stereocenters. The van der Waals surface area contributed by atoms with Crippen LogP contribution in [-0.2, 0) is 4.79 Å². The average Bonchev–Trinajstić information content (AvgIpc) is 2.69. The predicted molar refractivity (Wildman–Crippen MR) is 119 cm³/mol. The van der Waals surface area contributed by atoms with Crippen LogP contribution in [0.25, 0.3) is 0 Å². The number of aryl methyl sites for hydroxylation is 3. The lowest BCUT2D eigenvalue weighted by atomic mass is 9.95. The van der Waals surface area contributed by atoms with E-state index in [1.807, 2.05) is 20.8 Å². The largest absolute Gasteiger partial charge is 0.354 e. The van der Waals surface area contributed by atoms with Crippen LogP contribution in [0.3, 0.4) is 0 Å². The van der Waals surface area contributed by atoms with E-state index in [1.165, 1.54) is 55.4 Å². The van der Waals surface area contributed by atoms with Gasteiger partial charge in [0.2, 0.25) is 5.91 Å². The van der Waals surface area contributed by atoms with Gasteiger partial charge in [-0.05, 0) is 45.7 Å². The fourth-order valence-corrected chi connectivity index (χ4v) is 2.70. The van der Waals surface area contributed by atoms with Crippen LogP contribution in [0.15, 0.2) is 48.5 Å². The number of amides is 1. The molecule has 2 aromatic carbocycles. The van der Waals surface area contributed by atoms with Crippen LogP contribution in [0.2, 0.25) is 0 Å². The van der Waals surface area contributed by atoms with Gasteiger partial charge in [-0.25, -0.2) is 4.39 Å². The molecule has 1 aliphatic carbocycles. The Kier molecular flexibility index (Phi) is 14.6. The zero-order valence-corrected chi connectivity index (χ0v) is 18.5. The van der Waals surface area contributed by atoms with Crippen molar-refractivity contribution >= 4 is 5.91 Å². The summed E-state index contributed by atoms with van der Waals surface area (Å²) in [5.41, 5.74) is 3.75. The average molecular weight is 388 g/mol. The molecule has 0 spiro atoms. The van der Waals surface area contributed by atoms with Crippen LogP contribution >= 0.6 is 0 Å². The van der Waals surface area contributed by atoms with E-state index < -0.39 is 0 Å². The molecule has 1 amide bonds. The third-order valence-corrected chi connectivity index (χ3v) is 4.24. The van der Waals surface area contributed by atoms with Gasteiger partial charge in [0.1, 0.15) is 5.82 Å². The van der Waals surface area contributed by atoms with Gasteiger partial charge < -0.3 is 5.32 Å². The van der Waals surface area contributed by atoms with E-state index >= 15 is 0 Å². The Morgan fingerprint density at radius 2 is 1.14 bits per heavy atom. The zero-order chi connectivity index (χ0) is 21.4. The molecule has 2 aromatic rings. The van der Waals surface area contributed by atoms with E-state index in [2.05, 4.69) is 43.4 Å². The second-order valence-electron chi connectivity index (χ2n) is 6.99. The first-order chi connectivity index (χ1) is 13.4. The van der Waals surface area contributed by atoms with Gasteiger partial charge in [0.25, 0.3) is 0 Å². The standard InChI is InChI=1S/C8H15NO.C8H10.C7H7F.C2H6/c1-7(10)9-8-5-3-2-4-6-8;1-7-3-5-8(2)6-4-7;1-6-2-4-7(8)5-3-6;1-2/h8H,2-6H2,1H3,(H,9,10);3-6H,1-2H3;2-5H,1H3;1-2H3. The number of carbonyl (C=O) groups is 1. The SMILES string of the molecule is CC.CC(=O)NC1CCCCC1.Cc1ccc(C)cc1.Cc1ccc(F)cc1. The third kappa shape index (κ3) is 14.0. The van der Waals surface area contributed by atoms with Gasteiger partial charge in [-0.15, -0.1) is 0 Å². The first-order valence-corrected chi connectivity index (χ1v) is 10.4. The number of hydrogen-bond acceptors (Lipinski definition) is 1. The van der Waals surface area contributed by atoms with Crippen LogP contribution in [0.4, 0.5) is 4.39 Å². The molecule has 2 nitrogen and oxygen atoms in total. The Hall–Kier alpha value is -2.16. The summed E-state index contributed by atoms with van der Waals surface area (Å²) in [5.74, 6) is -0.0532. The summed E-state index contributed by atoms with van der Waals surface area (Å²) in [5, 5.41) is 2.94. The van der Waals surface area contributed by atoms with E-state index in [1.54, 1.807) is 19.1 Å².